The number of rotatable bonds is 3. The smallest absolute Gasteiger partial charge is 0.345 e. The van der Waals surface area contributed by atoms with Crippen molar-refractivity contribution in [1.82, 2.24) is 30.1 Å². The first-order valence-corrected chi connectivity index (χ1v) is 9.24. The maximum absolute atomic E-state index is 12.7. The molecule has 1 saturated heterocycles. The fourth-order valence-corrected chi connectivity index (χ4v) is 3.47. The van der Waals surface area contributed by atoms with E-state index < -0.39 is 11.2 Å². The second-order valence-electron chi connectivity index (χ2n) is 7.33. The normalized spacial score (nSPS) is 17.5. The lowest BCUT2D eigenvalue weighted by atomic mass is 10.1. The number of aromatic nitrogens is 5. The minimum Gasteiger partial charge on any atom is -0.345 e. The molecule has 3 heterocycles. The third-order valence-corrected chi connectivity index (χ3v) is 5.16. The number of nitrogens with zero attached hydrogens (tertiary/aromatic N) is 7. The monoisotopic (exact) mass is 389 g/mol. The summed E-state index contributed by atoms with van der Waals surface area (Å²) in [5.41, 5.74) is 0.776. The number of anilines is 1. The molecule has 0 aliphatic carbocycles. The molecular weight excluding hydrogens is 367 g/mol. The van der Waals surface area contributed by atoms with Crippen molar-refractivity contribution in [3.05, 3.63) is 16.9 Å². The minimum atomic E-state index is -4.44. The Morgan fingerprint density at radius 2 is 1.81 bits per heavy atom. The molecule has 1 aliphatic heterocycles. The predicted octanol–water partition coefficient (Wildman–Crippen LogP) is 2.62. The molecule has 0 spiro atoms. The summed E-state index contributed by atoms with van der Waals surface area (Å²) in [6.45, 7) is 9.71. The molecule has 3 rings (SSSR count). The van der Waals surface area contributed by atoms with Crippen LogP contribution in [-0.4, -0.2) is 56.3 Å². The summed E-state index contributed by atoms with van der Waals surface area (Å²) in [6.07, 6.45) is -1.65. The predicted molar refractivity (Wildman–Crippen MR) is 92.0 cm³/mol. The fourth-order valence-electron chi connectivity index (χ4n) is 2.71. The molecule has 0 radical (unpaired) electrons. The average Bonchev–Trinajstić information content (AvgIpc) is 3.13. The second-order valence-corrected chi connectivity index (χ2v) is 8.29. The zero-order valence-electron chi connectivity index (χ0n) is 15.0. The molecule has 0 N–H and O–H groups in total. The zero-order valence-corrected chi connectivity index (χ0v) is 15.8. The molecule has 0 unspecified atom stereocenters. The largest absolute Gasteiger partial charge is 0.445 e. The van der Waals surface area contributed by atoms with Crippen LogP contribution in [0.15, 0.2) is 6.20 Å². The molecule has 0 aromatic carbocycles. The van der Waals surface area contributed by atoms with Gasteiger partial charge in [-0.25, -0.2) is 4.68 Å². The Hall–Kier alpha value is -1.75. The Bertz CT molecular complexity index is 734. The van der Waals surface area contributed by atoms with Gasteiger partial charge in [-0.3, -0.25) is 4.90 Å². The highest BCUT2D eigenvalue weighted by atomic mass is 32.1. The van der Waals surface area contributed by atoms with Crippen molar-refractivity contribution in [2.24, 2.45) is 0 Å². The molecule has 26 heavy (non-hydrogen) atoms. The van der Waals surface area contributed by atoms with Gasteiger partial charge in [-0.15, -0.1) is 15.3 Å². The van der Waals surface area contributed by atoms with Crippen molar-refractivity contribution in [2.75, 3.05) is 31.1 Å². The van der Waals surface area contributed by atoms with Gasteiger partial charge in [0.2, 0.25) is 10.1 Å². The lowest BCUT2D eigenvalue weighted by molar-refractivity contribution is -0.138. The SMILES string of the molecule is CC(C)(C)n1cc(CN2CCCN(c3nnc(C(F)(F)F)s3)CC2)nn1. The second kappa shape index (κ2) is 7.10. The van der Waals surface area contributed by atoms with Crippen molar-refractivity contribution in [2.45, 2.75) is 45.5 Å². The summed E-state index contributed by atoms with van der Waals surface area (Å²) >= 11 is 0.601. The molecule has 2 aromatic heterocycles. The molecule has 0 bridgehead atoms. The minimum absolute atomic E-state index is 0.116. The standard InChI is InChI=1S/C15H22F3N7S/c1-14(2,3)25-10-11(19-22-25)9-23-5-4-6-24(8-7-23)13-21-20-12(26-13)15(16,17)18/h10H,4-9H2,1-3H3. The van der Waals surface area contributed by atoms with Crippen LogP contribution >= 0.6 is 11.3 Å². The van der Waals surface area contributed by atoms with Crippen molar-refractivity contribution >= 4 is 16.5 Å². The molecule has 1 aliphatic rings. The first-order chi connectivity index (χ1) is 12.1. The van der Waals surface area contributed by atoms with Crippen LogP contribution in [0.1, 0.15) is 37.9 Å². The van der Waals surface area contributed by atoms with Gasteiger partial charge >= 0.3 is 6.18 Å². The van der Waals surface area contributed by atoms with E-state index in [0.717, 1.165) is 25.2 Å². The fraction of sp³-hybridized carbons (Fsp3) is 0.733. The van der Waals surface area contributed by atoms with E-state index >= 15 is 0 Å². The number of alkyl halides is 3. The van der Waals surface area contributed by atoms with Crippen molar-refractivity contribution < 1.29 is 13.2 Å². The van der Waals surface area contributed by atoms with E-state index in [0.29, 0.717) is 36.1 Å². The molecule has 2 aromatic rings. The van der Waals surface area contributed by atoms with Gasteiger partial charge in [-0.2, -0.15) is 13.2 Å². The Morgan fingerprint density at radius 3 is 2.42 bits per heavy atom. The summed E-state index contributed by atoms with van der Waals surface area (Å²) in [5, 5.41) is 14.8. The van der Waals surface area contributed by atoms with Crippen LogP contribution in [0.2, 0.25) is 0 Å². The van der Waals surface area contributed by atoms with Crippen molar-refractivity contribution in [3.63, 3.8) is 0 Å². The summed E-state index contributed by atoms with van der Waals surface area (Å²) in [5.74, 6) is 0. The van der Waals surface area contributed by atoms with Crippen LogP contribution in [-0.2, 0) is 18.3 Å². The lowest BCUT2D eigenvalue weighted by Gasteiger charge is -2.20. The number of hydrogen-bond donors (Lipinski definition) is 0. The van der Waals surface area contributed by atoms with Crippen LogP contribution in [0.25, 0.3) is 0 Å². The Kier molecular flexibility index (Phi) is 5.20. The molecule has 0 saturated carbocycles. The Morgan fingerprint density at radius 1 is 1.04 bits per heavy atom. The lowest BCUT2D eigenvalue weighted by Crippen LogP contribution is -2.30. The first-order valence-electron chi connectivity index (χ1n) is 8.42. The van der Waals surface area contributed by atoms with Gasteiger partial charge in [0.1, 0.15) is 0 Å². The molecule has 144 valence electrons. The third kappa shape index (κ3) is 4.50. The van der Waals surface area contributed by atoms with Crippen molar-refractivity contribution in [1.29, 1.82) is 0 Å². The highest BCUT2D eigenvalue weighted by Gasteiger charge is 2.36. The van der Waals surface area contributed by atoms with Gasteiger partial charge in [-0.1, -0.05) is 16.6 Å². The molecule has 0 atom stereocenters. The van der Waals surface area contributed by atoms with Gasteiger partial charge in [0.05, 0.1) is 17.4 Å². The molecule has 1 fully saturated rings. The van der Waals surface area contributed by atoms with E-state index in [-0.39, 0.29) is 5.54 Å². The molecule has 0 amide bonds. The van der Waals surface area contributed by atoms with E-state index in [1.165, 1.54) is 0 Å². The topological polar surface area (TPSA) is 63.0 Å². The first kappa shape index (κ1) is 19.0. The maximum atomic E-state index is 12.7. The summed E-state index contributed by atoms with van der Waals surface area (Å²) < 4.78 is 40.0. The van der Waals surface area contributed by atoms with Crippen LogP contribution in [0, 0.1) is 0 Å². The quantitative estimate of drug-likeness (QED) is 0.804. The van der Waals surface area contributed by atoms with E-state index in [2.05, 4.69) is 46.2 Å². The molecular formula is C15H22F3N7S. The van der Waals surface area contributed by atoms with Gasteiger partial charge in [0.15, 0.2) is 0 Å². The van der Waals surface area contributed by atoms with Gasteiger partial charge in [0.25, 0.3) is 0 Å². The number of halogens is 3. The van der Waals surface area contributed by atoms with Crippen LogP contribution in [0.5, 0.6) is 0 Å². The number of hydrogen-bond acceptors (Lipinski definition) is 7. The highest BCUT2D eigenvalue weighted by molar-refractivity contribution is 7.15. The van der Waals surface area contributed by atoms with E-state index in [1.807, 2.05) is 15.8 Å². The summed E-state index contributed by atoms with van der Waals surface area (Å²) in [4.78, 5) is 4.11. The van der Waals surface area contributed by atoms with Crippen molar-refractivity contribution in [3.8, 4) is 0 Å². The van der Waals surface area contributed by atoms with Crippen LogP contribution in [0.3, 0.4) is 0 Å². The van der Waals surface area contributed by atoms with Gasteiger partial charge in [-0.05, 0) is 27.2 Å². The van der Waals surface area contributed by atoms with E-state index in [9.17, 15) is 13.2 Å². The van der Waals surface area contributed by atoms with E-state index in [1.54, 1.807) is 0 Å². The molecule has 11 heteroatoms. The summed E-state index contributed by atoms with van der Waals surface area (Å²) in [7, 11) is 0. The van der Waals surface area contributed by atoms with Gasteiger partial charge < -0.3 is 4.90 Å². The Balaban J connectivity index is 1.60. The third-order valence-electron chi connectivity index (χ3n) is 4.13. The summed E-state index contributed by atoms with van der Waals surface area (Å²) in [6, 6.07) is 0. The van der Waals surface area contributed by atoms with E-state index in [4.69, 9.17) is 0 Å². The average molecular weight is 389 g/mol. The molecule has 7 nitrogen and oxygen atoms in total. The van der Waals surface area contributed by atoms with Crippen LogP contribution in [0.4, 0.5) is 18.3 Å². The Labute approximate surface area is 153 Å². The highest BCUT2D eigenvalue weighted by Crippen LogP contribution is 2.34. The van der Waals surface area contributed by atoms with Crippen LogP contribution < -0.4 is 4.90 Å². The maximum Gasteiger partial charge on any atom is 0.445 e. The zero-order chi connectivity index (χ0) is 18.9. The van der Waals surface area contributed by atoms with Gasteiger partial charge in [0, 0.05) is 32.7 Å².